The van der Waals surface area contributed by atoms with E-state index in [0.717, 1.165) is 5.56 Å². The number of halogens is 1. The van der Waals surface area contributed by atoms with Crippen molar-refractivity contribution in [2.24, 2.45) is 0 Å². The molecule has 0 atom stereocenters. The van der Waals surface area contributed by atoms with E-state index in [2.05, 4.69) is 0 Å². The lowest BCUT2D eigenvalue weighted by Gasteiger charge is -2.20. The lowest BCUT2D eigenvalue weighted by Crippen LogP contribution is -2.18. The molecule has 0 bridgehead atoms. The molecule has 0 aliphatic carbocycles. The van der Waals surface area contributed by atoms with E-state index in [4.69, 9.17) is 14.7 Å². The molecule has 0 N–H and O–H groups in total. The summed E-state index contributed by atoms with van der Waals surface area (Å²) in [5.41, 5.74) is 1.90. The van der Waals surface area contributed by atoms with E-state index in [1.165, 1.54) is 12.1 Å². The minimum absolute atomic E-state index is 0.312. The third-order valence-electron chi connectivity index (χ3n) is 3.54. The Balaban J connectivity index is 2.17. The van der Waals surface area contributed by atoms with Gasteiger partial charge in [-0.3, -0.25) is 4.90 Å². The molecule has 4 nitrogen and oxygen atoms in total. The summed E-state index contributed by atoms with van der Waals surface area (Å²) in [6.07, 6.45) is 0. The zero-order valence-electron chi connectivity index (χ0n) is 13.5. The predicted octanol–water partition coefficient (Wildman–Crippen LogP) is 3.35. The monoisotopic (exact) mass is 314 g/mol. The summed E-state index contributed by atoms with van der Waals surface area (Å²) in [7, 11) is 5.07. The normalized spacial score (nSPS) is 10.4. The number of nitriles is 1. The average molecular weight is 314 g/mol. The fraction of sp³-hybridized carbons (Fsp3) is 0.278. The maximum absolute atomic E-state index is 13.9. The highest BCUT2D eigenvalue weighted by Crippen LogP contribution is 2.31. The van der Waals surface area contributed by atoms with Gasteiger partial charge in [0.25, 0.3) is 0 Å². The first-order valence-corrected chi connectivity index (χ1v) is 7.16. The third-order valence-corrected chi connectivity index (χ3v) is 3.54. The molecule has 0 aromatic heterocycles. The zero-order chi connectivity index (χ0) is 16.8. The zero-order valence-corrected chi connectivity index (χ0v) is 13.5. The molecule has 0 unspecified atom stereocenters. The molecule has 2 aromatic carbocycles. The molecule has 0 saturated heterocycles. The fourth-order valence-electron chi connectivity index (χ4n) is 2.48. The van der Waals surface area contributed by atoms with Crippen LogP contribution in [0.3, 0.4) is 0 Å². The Hall–Kier alpha value is -2.58. The minimum Gasteiger partial charge on any atom is -0.493 e. The summed E-state index contributed by atoms with van der Waals surface area (Å²) in [6.45, 7) is 0.957. The SMILES string of the molecule is COc1cccc(CN(C)Cc2cc(C#N)ccc2F)c1OC. The van der Waals surface area contributed by atoms with Gasteiger partial charge in [0.2, 0.25) is 0 Å². The maximum atomic E-state index is 13.9. The van der Waals surface area contributed by atoms with Gasteiger partial charge in [-0.25, -0.2) is 4.39 Å². The second-order valence-corrected chi connectivity index (χ2v) is 5.24. The Morgan fingerprint density at radius 1 is 1.09 bits per heavy atom. The number of hydrogen-bond acceptors (Lipinski definition) is 4. The van der Waals surface area contributed by atoms with Gasteiger partial charge in [0.1, 0.15) is 5.82 Å². The number of ether oxygens (including phenoxy) is 2. The van der Waals surface area contributed by atoms with E-state index in [-0.39, 0.29) is 5.82 Å². The van der Waals surface area contributed by atoms with Gasteiger partial charge in [-0.2, -0.15) is 5.26 Å². The summed E-state index contributed by atoms with van der Waals surface area (Å²) < 4.78 is 24.6. The molecular formula is C18H19FN2O2. The standard InChI is InChI=1S/C18H19FN2O2/c1-21(12-15-9-13(10-20)7-8-16(15)19)11-14-5-4-6-17(22-2)18(14)23-3/h4-9H,11-12H2,1-3H3. The van der Waals surface area contributed by atoms with Crippen LogP contribution in [0.1, 0.15) is 16.7 Å². The molecule has 23 heavy (non-hydrogen) atoms. The minimum atomic E-state index is -0.312. The molecule has 0 fully saturated rings. The van der Waals surface area contributed by atoms with Gasteiger partial charge in [0, 0.05) is 24.2 Å². The lowest BCUT2D eigenvalue weighted by molar-refractivity contribution is 0.299. The quantitative estimate of drug-likeness (QED) is 0.820. The summed E-state index contributed by atoms with van der Waals surface area (Å²) in [5, 5.41) is 8.93. The Morgan fingerprint density at radius 3 is 2.48 bits per heavy atom. The number of para-hydroxylation sites is 1. The summed E-state index contributed by atoms with van der Waals surface area (Å²) >= 11 is 0. The molecule has 0 heterocycles. The van der Waals surface area contributed by atoms with Gasteiger partial charge >= 0.3 is 0 Å². The molecule has 0 radical (unpaired) electrons. The van der Waals surface area contributed by atoms with Crippen LogP contribution in [0.5, 0.6) is 11.5 Å². The number of methoxy groups -OCH3 is 2. The van der Waals surface area contributed by atoms with Crippen molar-refractivity contribution in [1.29, 1.82) is 5.26 Å². The van der Waals surface area contributed by atoms with Crippen LogP contribution in [-0.4, -0.2) is 26.2 Å². The topological polar surface area (TPSA) is 45.5 Å². The number of nitrogens with zero attached hydrogens (tertiary/aromatic N) is 2. The van der Waals surface area contributed by atoms with E-state index >= 15 is 0 Å². The van der Waals surface area contributed by atoms with Crippen LogP contribution in [0.25, 0.3) is 0 Å². The van der Waals surface area contributed by atoms with Crippen molar-refractivity contribution >= 4 is 0 Å². The fourth-order valence-corrected chi connectivity index (χ4v) is 2.48. The van der Waals surface area contributed by atoms with Gasteiger partial charge < -0.3 is 9.47 Å². The van der Waals surface area contributed by atoms with Crippen molar-refractivity contribution in [3.05, 3.63) is 58.9 Å². The molecule has 0 spiro atoms. The first-order valence-electron chi connectivity index (χ1n) is 7.16. The number of hydrogen-bond donors (Lipinski definition) is 0. The van der Waals surface area contributed by atoms with Crippen molar-refractivity contribution in [2.45, 2.75) is 13.1 Å². The Morgan fingerprint density at radius 2 is 1.83 bits per heavy atom. The van der Waals surface area contributed by atoms with Gasteiger partial charge in [-0.1, -0.05) is 12.1 Å². The highest BCUT2D eigenvalue weighted by atomic mass is 19.1. The smallest absolute Gasteiger partial charge is 0.165 e. The van der Waals surface area contributed by atoms with E-state index < -0.39 is 0 Å². The number of benzene rings is 2. The first kappa shape index (κ1) is 16.8. The van der Waals surface area contributed by atoms with Gasteiger partial charge in [-0.15, -0.1) is 0 Å². The number of rotatable bonds is 6. The van der Waals surface area contributed by atoms with E-state index in [1.54, 1.807) is 20.3 Å². The highest BCUT2D eigenvalue weighted by Gasteiger charge is 2.13. The Kier molecular flexibility index (Phi) is 5.56. The van der Waals surface area contributed by atoms with Crippen LogP contribution in [0, 0.1) is 17.1 Å². The Bertz CT molecular complexity index is 725. The molecule has 0 aliphatic heterocycles. The molecule has 0 amide bonds. The van der Waals surface area contributed by atoms with Crippen molar-refractivity contribution in [3.8, 4) is 17.6 Å². The van der Waals surface area contributed by atoms with Crippen LogP contribution in [0.15, 0.2) is 36.4 Å². The van der Waals surface area contributed by atoms with Crippen molar-refractivity contribution in [3.63, 3.8) is 0 Å². The maximum Gasteiger partial charge on any atom is 0.165 e. The molecule has 0 aliphatic rings. The van der Waals surface area contributed by atoms with Crippen molar-refractivity contribution in [2.75, 3.05) is 21.3 Å². The Labute approximate surface area is 135 Å². The third kappa shape index (κ3) is 3.99. The van der Waals surface area contributed by atoms with E-state index in [0.29, 0.717) is 35.7 Å². The average Bonchev–Trinajstić information content (AvgIpc) is 2.56. The molecule has 0 saturated carbocycles. The molecule has 5 heteroatoms. The first-order chi connectivity index (χ1) is 11.1. The lowest BCUT2D eigenvalue weighted by atomic mass is 10.1. The van der Waals surface area contributed by atoms with Crippen LogP contribution in [0.4, 0.5) is 4.39 Å². The van der Waals surface area contributed by atoms with Crippen LogP contribution >= 0.6 is 0 Å². The van der Waals surface area contributed by atoms with Crippen molar-refractivity contribution in [1.82, 2.24) is 4.90 Å². The van der Waals surface area contributed by atoms with Gasteiger partial charge in [-0.05, 0) is 31.3 Å². The van der Waals surface area contributed by atoms with Crippen LogP contribution in [0.2, 0.25) is 0 Å². The van der Waals surface area contributed by atoms with Crippen LogP contribution in [-0.2, 0) is 13.1 Å². The van der Waals surface area contributed by atoms with Crippen molar-refractivity contribution < 1.29 is 13.9 Å². The molecule has 2 aromatic rings. The molecule has 2 rings (SSSR count). The summed E-state index contributed by atoms with van der Waals surface area (Å²) in [4.78, 5) is 1.96. The largest absolute Gasteiger partial charge is 0.493 e. The predicted molar refractivity (Wildman–Crippen MR) is 85.8 cm³/mol. The van der Waals surface area contributed by atoms with E-state index in [9.17, 15) is 4.39 Å². The van der Waals surface area contributed by atoms with Crippen LogP contribution < -0.4 is 9.47 Å². The summed E-state index contributed by atoms with van der Waals surface area (Å²) in [5.74, 6) is 1.03. The van der Waals surface area contributed by atoms with Gasteiger partial charge in [0.15, 0.2) is 11.5 Å². The highest BCUT2D eigenvalue weighted by molar-refractivity contribution is 5.46. The van der Waals surface area contributed by atoms with E-state index in [1.807, 2.05) is 36.2 Å². The molecule has 120 valence electrons. The van der Waals surface area contributed by atoms with Gasteiger partial charge in [0.05, 0.1) is 25.9 Å². The molecular weight excluding hydrogens is 295 g/mol. The summed E-state index contributed by atoms with van der Waals surface area (Å²) in [6, 6.07) is 12.1. The second kappa shape index (κ2) is 7.61. The second-order valence-electron chi connectivity index (χ2n) is 5.24.